The molecule has 5 rings (SSSR count). The molecule has 3 heterocycles. The van der Waals surface area contributed by atoms with Gasteiger partial charge in [-0.3, -0.25) is 9.59 Å². The number of hydrogen-bond donors (Lipinski definition) is 2. The second-order valence-corrected chi connectivity index (χ2v) is 10.4. The first kappa shape index (κ1) is 24.0. The molecule has 2 amide bonds. The highest BCUT2D eigenvalue weighted by molar-refractivity contribution is 6.31. The average Bonchev–Trinajstić information content (AvgIpc) is 3.01. The van der Waals surface area contributed by atoms with Crippen LogP contribution in [-0.2, 0) is 21.4 Å². The molecule has 9 heteroatoms. The summed E-state index contributed by atoms with van der Waals surface area (Å²) in [6.07, 6.45) is 0.950. The van der Waals surface area contributed by atoms with Gasteiger partial charge in [-0.1, -0.05) is 11.6 Å². The van der Waals surface area contributed by atoms with E-state index in [2.05, 4.69) is 4.90 Å². The third-order valence-corrected chi connectivity index (χ3v) is 8.13. The summed E-state index contributed by atoms with van der Waals surface area (Å²) in [6.45, 7) is 2.28. The molecule has 35 heavy (non-hydrogen) atoms. The molecule has 0 radical (unpaired) electrons. The number of likely N-dealkylation sites (N-methyl/N-ethyl adjacent to an activating group) is 1. The monoisotopic (exact) mass is 501 g/mol. The fraction of sp³-hybridized carbons (Fsp3) is 0.462. The summed E-state index contributed by atoms with van der Waals surface area (Å²) in [4.78, 5) is 31.9. The molecule has 1 atom stereocenters. The molecule has 1 spiro atoms. The maximum atomic E-state index is 14.1. The predicted molar refractivity (Wildman–Crippen MR) is 130 cm³/mol. The molecular formula is C26H29ClFN3O4. The predicted octanol–water partition coefficient (Wildman–Crippen LogP) is 2.56. The molecule has 2 aromatic rings. The normalized spacial score (nSPS) is 20.7. The minimum atomic E-state index is -0.738. The molecule has 0 bridgehead atoms. The Hall–Kier alpha value is -2.68. The van der Waals surface area contributed by atoms with E-state index in [0.717, 1.165) is 11.3 Å². The van der Waals surface area contributed by atoms with Crippen LogP contribution in [0.25, 0.3) is 0 Å². The third-order valence-electron chi connectivity index (χ3n) is 7.76. The average molecular weight is 502 g/mol. The summed E-state index contributed by atoms with van der Waals surface area (Å²) in [5.74, 6) is -0.739. The number of aliphatic hydroxyl groups is 1. The van der Waals surface area contributed by atoms with Crippen LogP contribution >= 0.6 is 11.6 Å². The lowest BCUT2D eigenvalue weighted by Crippen LogP contribution is -2.57. The molecule has 186 valence electrons. The van der Waals surface area contributed by atoms with E-state index in [9.17, 15) is 24.2 Å². The minimum Gasteiger partial charge on any atom is -0.508 e. The number of piperidine rings is 1. The lowest BCUT2D eigenvalue weighted by Gasteiger charge is -2.42. The number of phenols is 1. The maximum absolute atomic E-state index is 14.1. The highest BCUT2D eigenvalue weighted by atomic mass is 35.5. The highest BCUT2D eigenvalue weighted by Gasteiger charge is 2.51. The fourth-order valence-corrected chi connectivity index (χ4v) is 5.94. The van der Waals surface area contributed by atoms with Crippen LogP contribution in [0.2, 0.25) is 5.02 Å². The first-order valence-corrected chi connectivity index (χ1v) is 12.3. The van der Waals surface area contributed by atoms with Crippen LogP contribution in [0.1, 0.15) is 24.0 Å². The molecule has 7 nitrogen and oxygen atoms in total. The van der Waals surface area contributed by atoms with E-state index in [1.54, 1.807) is 35.0 Å². The number of carbonyl (C=O) groups excluding carboxylic acids is 2. The van der Waals surface area contributed by atoms with Crippen LogP contribution in [0.15, 0.2) is 36.4 Å². The molecule has 3 aliphatic heterocycles. The van der Waals surface area contributed by atoms with Crippen molar-refractivity contribution in [3.8, 4) is 5.75 Å². The van der Waals surface area contributed by atoms with Crippen LogP contribution in [0.4, 0.5) is 10.1 Å². The molecule has 0 aromatic heterocycles. The van der Waals surface area contributed by atoms with Gasteiger partial charge in [0, 0.05) is 37.4 Å². The van der Waals surface area contributed by atoms with Crippen molar-refractivity contribution in [2.24, 2.45) is 5.92 Å². The van der Waals surface area contributed by atoms with Gasteiger partial charge in [0.2, 0.25) is 11.8 Å². The summed E-state index contributed by atoms with van der Waals surface area (Å²) >= 11 is 6.35. The van der Waals surface area contributed by atoms with E-state index in [1.807, 2.05) is 0 Å². The number of β-amino-alcohol motifs (C(OH)–C–C–N with tert-alkyl or cyclic N) is 1. The van der Waals surface area contributed by atoms with Crippen molar-refractivity contribution >= 4 is 29.1 Å². The topological polar surface area (TPSA) is 84.3 Å². The standard InChI is InChI=1S/C26H29ClFN3O4/c1-29-23-5-2-18(28)12-21(23)26(25(29)35)6-8-30(9-7-26)13-17(24(34)31-14-20(33)15-31)10-16-11-19(32)3-4-22(16)27/h2-5,11-12,17,20,32-33H,6-10,13-15H2,1H3. The second kappa shape index (κ2) is 9.08. The lowest BCUT2D eigenvalue weighted by molar-refractivity contribution is -0.146. The summed E-state index contributed by atoms with van der Waals surface area (Å²) in [6, 6.07) is 9.24. The van der Waals surface area contributed by atoms with Gasteiger partial charge in [-0.2, -0.15) is 0 Å². The fourth-order valence-electron chi connectivity index (χ4n) is 5.75. The van der Waals surface area contributed by atoms with Crippen LogP contribution < -0.4 is 4.90 Å². The van der Waals surface area contributed by atoms with E-state index in [4.69, 9.17) is 11.6 Å². The largest absolute Gasteiger partial charge is 0.508 e. The summed E-state index contributed by atoms with van der Waals surface area (Å²) in [7, 11) is 1.73. The number of benzene rings is 2. The van der Waals surface area contributed by atoms with Crippen molar-refractivity contribution in [1.82, 2.24) is 9.80 Å². The molecule has 0 aliphatic carbocycles. The molecule has 2 N–H and O–H groups in total. The number of aromatic hydroxyl groups is 1. The van der Waals surface area contributed by atoms with E-state index >= 15 is 0 Å². The van der Waals surface area contributed by atoms with Crippen molar-refractivity contribution < 1.29 is 24.2 Å². The number of carbonyl (C=O) groups is 2. The van der Waals surface area contributed by atoms with E-state index < -0.39 is 17.4 Å². The van der Waals surface area contributed by atoms with Gasteiger partial charge in [-0.15, -0.1) is 0 Å². The Bertz CT molecular complexity index is 1160. The summed E-state index contributed by atoms with van der Waals surface area (Å²) in [5, 5.41) is 20.1. The number of aliphatic hydroxyl groups excluding tert-OH is 1. The third kappa shape index (κ3) is 4.28. The van der Waals surface area contributed by atoms with Gasteiger partial charge in [0.15, 0.2) is 0 Å². The molecular weight excluding hydrogens is 473 g/mol. The highest BCUT2D eigenvalue weighted by Crippen LogP contribution is 2.47. The SMILES string of the molecule is CN1C(=O)C2(CCN(CC(Cc3cc(O)ccc3Cl)C(=O)N3CC(O)C3)CC2)c2cc(F)ccc21. The number of phenolic OH excluding ortho intramolecular Hbond substituents is 1. The van der Waals surface area contributed by atoms with Crippen LogP contribution in [0.3, 0.4) is 0 Å². The zero-order valence-corrected chi connectivity index (χ0v) is 20.3. The van der Waals surface area contributed by atoms with Crippen LogP contribution in [0, 0.1) is 11.7 Å². The number of anilines is 1. The van der Waals surface area contributed by atoms with Crippen LogP contribution in [0.5, 0.6) is 5.75 Å². The molecule has 2 aromatic carbocycles. The van der Waals surface area contributed by atoms with Gasteiger partial charge in [0.25, 0.3) is 0 Å². The quantitative estimate of drug-likeness (QED) is 0.658. The number of nitrogens with zero attached hydrogens (tertiary/aromatic N) is 3. The number of rotatable bonds is 5. The number of halogens is 2. The lowest BCUT2D eigenvalue weighted by atomic mass is 9.73. The Morgan fingerprint density at radius 3 is 2.60 bits per heavy atom. The van der Waals surface area contributed by atoms with Gasteiger partial charge < -0.3 is 24.9 Å². The Labute approximate surface area is 208 Å². The summed E-state index contributed by atoms with van der Waals surface area (Å²) in [5.41, 5.74) is 1.46. The van der Waals surface area contributed by atoms with E-state index in [1.165, 1.54) is 18.2 Å². The van der Waals surface area contributed by atoms with E-state index in [-0.39, 0.29) is 23.4 Å². The van der Waals surface area contributed by atoms with Crippen molar-refractivity contribution in [3.63, 3.8) is 0 Å². The Morgan fingerprint density at radius 2 is 1.91 bits per heavy atom. The smallest absolute Gasteiger partial charge is 0.237 e. The van der Waals surface area contributed by atoms with Gasteiger partial charge in [-0.05, 0) is 79.9 Å². The molecule has 3 aliphatic rings. The first-order valence-electron chi connectivity index (χ1n) is 11.9. The van der Waals surface area contributed by atoms with Gasteiger partial charge >= 0.3 is 0 Å². The van der Waals surface area contributed by atoms with Crippen LogP contribution in [-0.4, -0.2) is 77.7 Å². The number of likely N-dealkylation sites (tertiary alicyclic amines) is 2. The Kier molecular flexibility index (Phi) is 6.23. The van der Waals surface area contributed by atoms with Gasteiger partial charge in [0.1, 0.15) is 11.6 Å². The van der Waals surface area contributed by atoms with Crippen molar-refractivity contribution in [3.05, 3.63) is 58.4 Å². The van der Waals surface area contributed by atoms with Gasteiger partial charge in [-0.25, -0.2) is 4.39 Å². The zero-order chi connectivity index (χ0) is 24.9. The van der Waals surface area contributed by atoms with Crippen molar-refractivity contribution in [2.75, 3.05) is 44.7 Å². The van der Waals surface area contributed by atoms with Gasteiger partial charge in [0.05, 0.1) is 17.4 Å². The number of amides is 2. The maximum Gasteiger partial charge on any atom is 0.237 e. The number of hydrogen-bond acceptors (Lipinski definition) is 5. The molecule has 1 unspecified atom stereocenters. The Balaban J connectivity index is 1.33. The molecule has 2 saturated heterocycles. The van der Waals surface area contributed by atoms with E-state index in [0.29, 0.717) is 62.6 Å². The summed E-state index contributed by atoms with van der Waals surface area (Å²) < 4.78 is 14.1. The van der Waals surface area contributed by atoms with Crippen molar-refractivity contribution in [1.29, 1.82) is 0 Å². The Morgan fingerprint density at radius 1 is 1.20 bits per heavy atom. The first-order chi connectivity index (χ1) is 16.7. The minimum absolute atomic E-state index is 0.00788. The zero-order valence-electron chi connectivity index (χ0n) is 19.6. The molecule has 2 fully saturated rings. The number of fused-ring (bicyclic) bond motifs is 2. The van der Waals surface area contributed by atoms with Crippen molar-refractivity contribution in [2.45, 2.75) is 30.8 Å². The second-order valence-electron chi connectivity index (χ2n) is 9.98. The molecule has 0 saturated carbocycles.